The number of imidazole rings is 1. The van der Waals surface area contributed by atoms with E-state index in [1.165, 1.54) is 5.56 Å². The molecule has 0 aliphatic carbocycles. The fourth-order valence-corrected chi connectivity index (χ4v) is 3.69. The molecule has 146 valence electrons. The minimum atomic E-state index is 0.0442. The van der Waals surface area contributed by atoms with E-state index in [9.17, 15) is 4.79 Å². The van der Waals surface area contributed by atoms with Crippen LogP contribution in [0.5, 0.6) is 0 Å². The maximum absolute atomic E-state index is 13.4. The molecule has 0 spiro atoms. The molecule has 0 radical (unpaired) electrons. The molecular weight excluding hydrogens is 358 g/mol. The number of aryl methyl sites for hydroxylation is 1. The van der Waals surface area contributed by atoms with Gasteiger partial charge in [-0.3, -0.25) is 4.79 Å². The van der Waals surface area contributed by atoms with Gasteiger partial charge in [0, 0.05) is 17.3 Å². The number of aromatic nitrogens is 2. The van der Waals surface area contributed by atoms with Crippen molar-refractivity contribution in [3.63, 3.8) is 0 Å². The third-order valence-electron chi connectivity index (χ3n) is 5.08. The zero-order chi connectivity index (χ0) is 20.4. The fraction of sp³-hybridized carbons (Fsp3) is 0.200. The van der Waals surface area contributed by atoms with Gasteiger partial charge in [0.25, 0.3) is 0 Å². The third kappa shape index (κ3) is 3.79. The Morgan fingerprint density at radius 1 is 0.931 bits per heavy atom. The molecule has 1 aromatic heterocycles. The van der Waals surface area contributed by atoms with Gasteiger partial charge in [-0.2, -0.15) is 0 Å². The predicted molar refractivity (Wildman–Crippen MR) is 119 cm³/mol. The molecule has 4 rings (SSSR count). The number of anilines is 1. The second-order valence-electron chi connectivity index (χ2n) is 7.57. The highest BCUT2D eigenvalue weighted by Crippen LogP contribution is 2.26. The number of rotatable bonds is 5. The van der Waals surface area contributed by atoms with Crippen LogP contribution in [-0.4, -0.2) is 21.5 Å². The summed E-state index contributed by atoms with van der Waals surface area (Å²) in [6, 6.07) is 26.2. The molecule has 29 heavy (non-hydrogen) atoms. The Kier molecular flexibility index (Phi) is 5.17. The number of hydrogen-bond donors (Lipinski definition) is 0. The summed E-state index contributed by atoms with van der Waals surface area (Å²) < 4.78 is 2.03. The Balaban J connectivity index is 1.77. The molecular formula is C25H25N3O. The van der Waals surface area contributed by atoms with Crippen LogP contribution < -0.4 is 4.90 Å². The normalized spacial score (nSPS) is 11.2. The highest BCUT2D eigenvalue weighted by atomic mass is 16.2. The van der Waals surface area contributed by atoms with Crippen LogP contribution in [0.1, 0.15) is 19.4 Å². The van der Waals surface area contributed by atoms with Gasteiger partial charge in [-0.1, -0.05) is 60.2 Å². The first-order chi connectivity index (χ1) is 14.0. The molecule has 0 unspecified atom stereocenters. The monoisotopic (exact) mass is 383 g/mol. The van der Waals surface area contributed by atoms with Crippen molar-refractivity contribution in [2.45, 2.75) is 33.4 Å². The molecule has 4 nitrogen and oxygen atoms in total. The van der Waals surface area contributed by atoms with Gasteiger partial charge in [-0.25, -0.2) is 4.98 Å². The number of hydrogen-bond acceptors (Lipinski definition) is 2. The van der Waals surface area contributed by atoms with Crippen LogP contribution in [0, 0.1) is 6.92 Å². The van der Waals surface area contributed by atoms with Gasteiger partial charge in [0.1, 0.15) is 12.4 Å². The Bertz CT molecular complexity index is 1130. The van der Waals surface area contributed by atoms with E-state index in [0.29, 0.717) is 0 Å². The lowest BCUT2D eigenvalue weighted by atomic mass is 10.1. The van der Waals surface area contributed by atoms with Crippen molar-refractivity contribution >= 4 is 22.6 Å². The summed E-state index contributed by atoms with van der Waals surface area (Å²) in [7, 11) is 0. The minimum Gasteiger partial charge on any atom is -0.314 e. The average molecular weight is 383 g/mol. The summed E-state index contributed by atoms with van der Waals surface area (Å²) in [5.74, 6) is 0.860. The van der Waals surface area contributed by atoms with Gasteiger partial charge < -0.3 is 9.47 Å². The Labute approximate surface area is 171 Å². The summed E-state index contributed by atoms with van der Waals surface area (Å²) in [5, 5.41) is 0. The van der Waals surface area contributed by atoms with Crippen molar-refractivity contribution in [2.24, 2.45) is 0 Å². The quantitative estimate of drug-likeness (QED) is 0.459. The first-order valence-electron chi connectivity index (χ1n) is 9.94. The summed E-state index contributed by atoms with van der Waals surface area (Å²) in [5.41, 5.74) is 4.98. The molecule has 4 aromatic rings. The molecule has 0 atom stereocenters. The molecule has 0 saturated heterocycles. The van der Waals surface area contributed by atoms with Crippen molar-refractivity contribution in [1.29, 1.82) is 0 Å². The number of carbonyl (C=O) groups excluding carboxylic acids is 1. The topological polar surface area (TPSA) is 38.1 Å². The largest absolute Gasteiger partial charge is 0.314 e. The second-order valence-corrected chi connectivity index (χ2v) is 7.57. The molecule has 0 aliphatic heterocycles. The average Bonchev–Trinajstić information content (AvgIpc) is 3.08. The Morgan fingerprint density at radius 2 is 1.59 bits per heavy atom. The van der Waals surface area contributed by atoms with Gasteiger partial charge in [0.2, 0.25) is 5.91 Å². The van der Waals surface area contributed by atoms with E-state index in [1.54, 1.807) is 0 Å². The summed E-state index contributed by atoms with van der Waals surface area (Å²) in [6.07, 6.45) is 0. The van der Waals surface area contributed by atoms with E-state index in [1.807, 2.05) is 77.9 Å². The van der Waals surface area contributed by atoms with Gasteiger partial charge in [0.15, 0.2) is 0 Å². The lowest BCUT2D eigenvalue weighted by molar-refractivity contribution is -0.119. The standard InChI is InChI=1S/C25H25N3O/c1-18(2)28(21-9-5-4-6-10-21)24(29)17-27-23-12-8-7-11-22(23)26-25(27)20-15-13-19(3)14-16-20/h4-16,18H,17H2,1-3H3. The van der Waals surface area contributed by atoms with Gasteiger partial charge in [-0.15, -0.1) is 0 Å². The Morgan fingerprint density at radius 3 is 2.28 bits per heavy atom. The van der Waals surface area contributed by atoms with E-state index in [0.717, 1.165) is 28.1 Å². The molecule has 4 heteroatoms. The molecule has 3 aromatic carbocycles. The predicted octanol–water partition coefficient (Wildman–Crippen LogP) is 5.45. The van der Waals surface area contributed by atoms with Gasteiger partial charge in [-0.05, 0) is 45.0 Å². The van der Waals surface area contributed by atoms with Crippen LogP contribution in [-0.2, 0) is 11.3 Å². The zero-order valence-electron chi connectivity index (χ0n) is 17.0. The van der Waals surface area contributed by atoms with Crippen LogP contribution in [0.2, 0.25) is 0 Å². The van der Waals surface area contributed by atoms with Crippen molar-refractivity contribution < 1.29 is 4.79 Å². The van der Waals surface area contributed by atoms with Crippen molar-refractivity contribution in [1.82, 2.24) is 9.55 Å². The number of nitrogens with zero attached hydrogens (tertiary/aromatic N) is 3. The van der Waals surface area contributed by atoms with E-state index in [4.69, 9.17) is 4.98 Å². The third-order valence-corrected chi connectivity index (χ3v) is 5.08. The number of amides is 1. The minimum absolute atomic E-state index is 0.0442. The fourth-order valence-electron chi connectivity index (χ4n) is 3.69. The van der Waals surface area contributed by atoms with E-state index in [-0.39, 0.29) is 18.5 Å². The van der Waals surface area contributed by atoms with E-state index in [2.05, 4.69) is 31.2 Å². The number of fused-ring (bicyclic) bond motifs is 1. The van der Waals surface area contributed by atoms with E-state index < -0.39 is 0 Å². The van der Waals surface area contributed by atoms with Gasteiger partial charge in [0.05, 0.1) is 11.0 Å². The zero-order valence-corrected chi connectivity index (χ0v) is 17.0. The van der Waals surface area contributed by atoms with Crippen LogP contribution in [0.25, 0.3) is 22.4 Å². The molecule has 0 bridgehead atoms. The van der Waals surface area contributed by atoms with Crippen molar-refractivity contribution in [3.8, 4) is 11.4 Å². The van der Waals surface area contributed by atoms with E-state index >= 15 is 0 Å². The van der Waals surface area contributed by atoms with Crippen LogP contribution in [0.3, 0.4) is 0 Å². The first-order valence-corrected chi connectivity index (χ1v) is 9.94. The summed E-state index contributed by atoms with van der Waals surface area (Å²) in [6.45, 7) is 6.38. The highest BCUT2D eigenvalue weighted by Gasteiger charge is 2.22. The summed E-state index contributed by atoms with van der Waals surface area (Å²) >= 11 is 0. The Hall–Kier alpha value is -3.40. The smallest absolute Gasteiger partial charge is 0.247 e. The molecule has 0 aliphatic rings. The number of benzene rings is 3. The molecule has 1 amide bonds. The highest BCUT2D eigenvalue weighted by molar-refractivity contribution is 5.95. The van der Waals surface area contributed by atoms with Crippen LogP contribution in [0.15, 0.2) is 78.9 Å². The van der Waals surface area contributed by atoms with Crippen LogP contribution in [0.4, 0.5) is 5.69 Å². The lowest BCUT2D eigenvalue weighted by Gasteiger charge is -2.27. The maximum atomic E-state index is 13.4. The first kappa shape index (κ1) is 18.9. The lowest BCUT2D eigenvalue weighted by Crippen LogP contribution is -2.39. The van der Waals surface area contributed by atoms with Crippen molar-refractivity contribution in [2.75, 3.05) is 4.90 Å². The van der Waals surface area contributed by atoms with Crippen LogP contribution >= 0.6 is 0 Å². The SMILES string of the molecule is Cc1ccc(-c2nc3ccccc3n2CC(=O)N(c2ccccc2)C(C)C)cc1. The molecule has 1 heterocycles. The number of carbonyl (C=O) groups is 1. The second kappa shape index (κ2) is 7.92. The van der Waals surface area contributed by atoms with Gasteiger partial charge >= 0.3 is 0 Å². The van der Waals surface area contributed by atoms with Crippen molar-refractivity contribution in [3.05, 3.63) is 84.4 Å². The maximum Gasteiger partial charge on any atom is 0.247 e. The summed E-state index contributed by atoms with van der Waals surface area (Å²) in [4.78, 5) is 20.1. The molecule has 0 fully saturated rings. The molecule has 0 N–H and O–H groups in total. The number of para-hydroxylation sites is 3. The molecule has 0 saturated carbocycles.